The van der Waals surface area contributed by atoms with Crippen LogP contribution in [0.2, 0.25) is 0 Å². The van der Waals surface area contributed by atoms with E-state index in [1.807, 2.05) is 12.1 Å². The van der Waals surface area contributed by atoms with Gasteiger partial charge in [0.1, 0.15) is 5.69 Å². The van der Waals surface area contributed by atoms with Crippen molar-refractivity contribution >= 4 is 21.8 Å². The van der Waals surface area contributed by atoms with Crippen molar-refractivity contribution in [3.8, 4) is 11.5 Å². The van der Waals surface area contributed by atoms with Crippen molar-refractivity contribution in [2.75, 3.05) is 13.2 Å². The predicted octanol–water partition coefficient (Wildman–Crippen LogP) is 3.09. The maximum Gasteiger partial charge on any atom is 0.269 e. The molecule has 0 unspecified atom stereocenters. The summed E-state index contributed by atoms with van der Waals surface area (Å²) in [6.45, 7) is 0.0716. The molecule has 4 rings (SSSR count). The summed E-state index contributed by atoms with van der Waals surface area (Å²) >= 11 is 3.48. The van der Waals surface area contributed by atoms with E-state index < -0.39 is 0 Å². The Morgan fingerprint density at radius 1 is 1.21 bits per heavy atom. The molecule has 1 amide bonds. The summed E-state index contributed by atoms with van der Waals surface area (Å²) in [7, 11) is 0. The molecule has 1 fully saturated rings. The van der Waals surface area contributed by atoms with Crippen LogP contribution in [0.25, 0.3) is 11.5 Å². The highest BCUT2D eigenvalue weighted by Crippen LogP contribution is 2.48. The summed E-state index contributed by atoms with van der Waals surface area (Å²) < 4.78 is 6.53. The Bertz CT molecular complexity index is 966. The Kier molecular flexibility index (Phi) is 5.23. The lowest BCUT2D eigenvalue weighted by Gasteiger charge is -2.39. The number of hydrogen-bond acceptors (Lipinski definition) is 6. The summed E-state index contributed by atoms with van der Waals surface area (Å²) in [5.74, 6) is 0.726. The van der Waals surface area contributed by atoms with Crippen LogP contribution >= 0.6 is 15.9 Å². The van der Waals surface area contributed by atoms with Crippen molar-refractivity contribution in [3.05, 3.63) is 64.1 Å². The third kappa shape index (κ3) is 3.45. The second kappa shape index (κ2) is 7.81. The van der Waals surface area contributed by atoms with E-state index in [0.29, 0.717) is 17.3 Å². The fraction of sp³-hybridized carbons (Fsp3) is 0.300. The minimum atomic E-state index is -0.338. The zero-order chi connectivity index (χ0) is 19.6. The number of halogens is 1. The topological polar surface area (TPSA) is 101 Å². The van der Waals surface area contributed by atoms with Crippen LogP contribution in [0.4, 0.5) is 0 Å². The second-order valence-electron chi connectivity index (χ2n) is 6.78. The van der Waals surface area contributed by atoms with E-state index in [4.69, 9.17) is 9.63 Å². The maximum absolute atomic E-state index is 11.9. The van der Waals surface area contributed by atoms with Gasteiger partial charge in [0.15, 0.2) is 5.82 Å². The lowest BCUT2D eigenvalue weighted by molar-refractivity contribution is 0.0940. The summed E-state index contributed by atoms with van der Waals surface area (Å²) in [6, 6.07) is 11.6. The van der Waals surface area contributed by atoms with Gasteiger partial charge in [-0.1, -0.05) is 39.6 Å². The van der Waals surface area contributed by atoms with Crippen LogP contribution in [-0.4, -0.2) is 39.3 Å². The molecule has 0 aliphatic heterocycles. The predicted molar refractivity (Wildman–Crippen MR) is 106 cm³/mol. The van der Waals surface area contributed by atoms with Crippen LogP contribution in [0.1, 0.15) is 41.1 Å². The highest BCUT2D eigenvalue weighted by atomic mass is 79.9. The minimum Gasteiger partial charge on any atom is -0.395 e. The van der Waals surface area contributed by atoms with E-state index in [-0.39, 0.29) is 30.2 Å². The number of amides is 1. The molecule has 2 N–H and O–H groups in total. The van der Waals surface area contributed by atoms with Crippen molar-refractivity contribution in [1.29, 1.82) is 0 Å². The molecule has 1 aliphatic rings. The Morgan fingerprint density at radius 2 is 2.00 bits per heavy atom. The number of aliphatic hydroxyl groups is 1. The molecule has 0 bridgehead atoms. The first-order valence-electron chi connectivity index (χ1n) is 9.08. The number of nitrogens with one attached hydrogen (secondary N) is 1. The average molecular weight is 443 g/mol. The van der Waals surface area contributed by atoms with Crippen LogP contribution < -0.4 is 5.32 Å². The summed E-state index contributed by atoms with van der Waals surface area (Å²) in [6.07, 6.45) is 4.63. The Labute approximate surface area is 170 Å². The molecule has 2 aromatic heterocycles. The van der Waals surface area contributed by atoms with Crippen molar-refractivity contribution in [3.63, 3.8) is 0 Å². The fourth-order valence-electron chi connectivity index (χ4n) is 3.39. The van der Waals surface area contributed by atoms with Crippen LogP contribution in [0.3, 0.4) is 0 Å². The van der Waals surface area contributed by atoms with Crippen molar-refractivity contribution in [2.24, 2.45) is 0 Å². The SMILES string of the molecule is O=C(NCCO)c1ccc(-c2nc(C3(c4ccc(Br)cc4)CCC3)no2)cn1. The van der Waals surface area contributed by atoms with Gasteiger partial charge < -0.3 is 14.9 Å². The largest absolute Gasteiger partial charge is 0.395 e. The van der Waals surface area contributed by atoms with Gasteiger partial charge in [-0.2, -0.15) is 4.98 Å². The zero-order valence-electron chi connectivity index (χ0n) is 15.1. The van der Waals surface area contributed by atoms with Crippen molar-refractivity contribution in [1.82, 2.24) is 20.4 Å². The Morgan fingerprint density at radius 3 is 2.61 bits per heavy atom. The lowest BCUT2D eigenvalue weighted by atomic mass is 9.64. The Balaban J connectivity index is 1.57. The molecule has 1 aliphatic carbocycles. The monoisotopic (exact) mass is 442 g/mol. The van der Waals surface area contributed by atoms with Crippen LogP contribution in [0.5, 0.6) is 0 Å². The van der Waals surface area contributed by atoms with Crippen LogP contribution in [0.15, 0.2) is 51.6 Å². The molecule has 1 saturated carbocycles. The van der Waals surface area contributed by atoms with Gasteiger partial charge in [0, 0.05) is 17.2 Å². The number of nitrogens with zero attached hydrogens (tertiary/aromatic N) is 3. The van der Waals surface area contributed by atoms with E-state index in [0.717, 1.165) is 23.7 Å². The molecular weight excluding hydrogens is 424 g/mol. The highest BCUT2D eigenvalue weighted by Gasteiger charge is 2.44. The zero-order valence-corrected chi connectivity index (χ0v) is 16.6. The van der Waals surface area contributed by atoms with Gasteiger partial charge >= 0.3 is 0 Å². The van der Waals surface area contributed by atoms with Gasteiger partial charge in [-0.15, -0.1) is 0 Å². The molecular formula is C20H19BrN4O3. The molecule has 7 nitrogen and oxygen atoms in total. The minimum absolute atomic E-state index is 0.116. The van der Waals surface area contributed by atoms with E-state index in [9.17, 15) is 4.79 Å². The van der Waals surface area contributed by atoms with Crippen LogP contribution in [-0.2, 0) is 5.41 Å². The standard InChI is InChI=1S/C20H19BrN4O3/c21-15-5-3-14(4-6-15)20(8-1-9-20)19-24-18(28-25-19)13-2-7-16(23-12-13)17(27)22-10-11-26/h2-7,12,26H,1,8-11H2,(H,22,27). The van der Waals surface area contributed by atoms with E-state index in [1.54, 1.807) is 12.1 Å². The molecule has 0 saturated heterocycles. The molecule has 0 spiro atoms. The molecule has 1 aromatic carbocycles. The summed E-state index contributed by atoms with van der Waals surface area (Å²) in [4.78, 5) is 20.7. The van der Waals surface area contributed by atoms with Crippen molar-refractivity contribution in [2.45, 2.75) is 24.7 Å². The maximum atomic E-state index is 11.9. The third-order valence-corrected chi connectivity index (χ3v) is 5.63. The van der Waals surface area contributed by atoms with Gasteiger partial charge in [-0.05, 0) is 42.7 Å². The van der Waals surface area contributed by atoms with Gasteiger partial charge in [-0.3, -0.25) is 9.78 Å². The molecule has 2 heterocycles. The number of aromatic nitrogens is 3. The fourth-order valence-corrected chi connectivity index (χ4v) is 3.65. The third-order valence-electron chi connectivity index (χ3n) is 5.10. The quantitative estimate of drug-likeness (QED) is 0.607. The van der Waals surface area contributed by atoms with E-state index in [1.165, 1.54) is 11.8 Å². The molecule has 0 radical (unpaired) electrons. The first-order valence-corrected chi connectivity index (χ1v) is 9.87. The molecule has 8 heteroatoms. The number of carbonyl (C=O) groups excluding carboxylic acids is 1. The average Bonchev–Trinajstić information content (AvgIpc) is 3.17. The Hall–Kier alpha value is -2.58. The number of carbonyl (C=O) groups is 1. The molecule has 0 atom stereocenters. The number of pyridine rings is 1. The molecule has 3 aromatic rings. The van der Waals surface area contributed by atoms with Crippen molar-refractivity contribution < 1.29 is 14.4 Å². The first kappa shape index (κ1) is 18.8. The van der Waals surface area contributed by atoms with Gasteiger partial charge in [0.2, 0.25) is 0 Å². The van der Waals surface area contributed by atoms with Crippen LogP contribution in [0, 0.1) is 0 Å². The summed E-state index contributed by atoms with van der Waals surface area (Å²) in [5.41, 5.74) is 1.90. The van der Waals surface area contributed by atoms with Gasteiger partial charge in [-0.25, -0.2) is 0 Å². The number of aliphatic hydroxyl groups excluding tert-OH is 1. The van der Waals surface area contributed by atoms with E-state index in [2.05, 4.69) is 48.5 Å². The molecule has 28 heavy (non-hydrogen) atoms. The van der Waals surface area contributed by atoms with Gasteiger partial charge in [0.05, 0.1) is 17.6 Å². The number of rotatable bonds is 6. The molecule has 144 valence electrons. The smallest absolute Gasteiger partial charge is 0.269 e. The number of hydrogen-bond donors (Lipinski definition) is 2. The first-order chi connectivity index (χ1) is 13.6. The summed E-state index contributed by atoms with van der Waals surface area (Å²) in [5, 5.41) is 15.6. The second-order valence-corrected chi connectivity index (χ2v) is 7.69. The van der Waals surface area contributed by atoms with E-state index >= 15 is 0 Å². The number of benzene rings is 1. The normalized spacial score (nSPS) is 15.1. The lowest BCUT2D eigenvalue weighted by Crippen LogP contribution is -2.36. The highest BCUT2D eigenvalue weighted by molar-refractivity contribution is 9.10. The van der Waals surface area contributed by atoms with Gasteiger partial charge in [0.25, 0.3) is 11.8 Å².